The van der Waals surface area contributed by atoms with Crippen LogP contribution in [0.4, 0.5) is 0 Å². The second-order valence-electron chi connectivity index (χ2n) is 8.69. The van der Waals surface area contributed by atoms with Crippen LogP contribution in [0.2, 0.25) is 0 Å². The molecule has 6 atom stereocenters. The number of carbonyl (C=O) groups is 3. The third kappa shape index (κ3) is 3.44. The maximum Gasteiger partial charge on any atom is 0.312 e. The first-order chi connectivity index (χ1) is 13.8. The van der Waals surface area contributed by atoms with Crippen LogP contribution in [0, 0.1) is 17.8 Å². The fourth-order valence-corrected chi connectivity index (χ4v) is 5.36. The summed E-state index contributed by atoms with van der Waals surface area (Å²) in [7, 11) is 0. The zero-order valence-corrected chi connectivity index (χ0v) is 17.8. The number of likely N-dealkylation sites (tertiary alicyclic amines) is 1. The van der Waals surface area contributed by atoms with Gasteiger partial charge in [0.15, 0.2) is 0 Å². The number of ether oxygens (including phenoxy) is 2. The zero-order valence-electron chi connectivity index (χ0n) is 17.8. The van der Waals surface area contributed by atoms with Crippen LogP contribution in [-0.4, -0.2) is 71.3 Å². The number of nitrogens with one attached hydrogen (secondary N) is 1. The number of carbonyl (C=O) groups excluding carboxylic acids is 3. The Balaban J connectivity index is 2.00. The molecular weight excluding hydrogens is 376 g/mol. The van der Waals surface area contributed by atoms with Gasteiger partial charge in [0.1, 0.15) is 11.6 Å². The maximum absolute atomic E-state index is 13.6. The van der Waals surface area contributed by atoms with Crippen molar-refractivity contribution in [2.45, 2.75) is 77.2 Å². The Kier molecular flexibility index (Phi) is 6.53. The van der Waals surface area contributed by atoms with Crippen molar-refractivity contribution in [2.75, 3.05) is 19.8 Å². The smallest absolute Gasteiger partial charge is 0.312 e. The summed E-state index contributed by atoms with van der Waals surface area (Å²) in [6.45, 7) is 8.09. The number of rotatable bonds is 9. The molecule has 3 aliphatic heterocycles. The van der Waals surface area contributed by atoms with E-state index in [0.717, 1.165) is 12.8 Å². The quantitative estimate of drug-likeness (QED) is 0.431. The van der Waals surface area contributed by atoms with Gasteiger partial charge in [-0.05, 0) is 32.1 Å². The van der Waals surface area contributed by atoms with E-state index in [1.165, 1.54) is 4.90 Å². The van der Waals surface area contributed by atoms with E-state index >= 15 is 0 Å². The van der Waals surface area contributed by atoms with Gasteiger partial charge in [-0.25, -0.2) is 0 Å². The van der Waals surface area contributed by atoms with Crippen LogP contribution in [0.15, 0.2) is 0 Å². The highest BCUT2D eigenvalue weighted by Gasteiger charge is 2.75. The van der Waals surface area contributed by atoms with E-state index in [-0.39, 0.29) is 30.9 Å². The minimum atomic E-state index is -1.03. The molecule has 2 bridgehead atoms. The van der Waals surface area contributed by atoms with E-state index in [2.05, 4.69) is 5.32 Å². The third-order valence-electron chi connectivity index (χ3n) is 6.69. The lowest BCUT2D eigenvalue weighted by atomic mass is 9.71. The van der Waals surface area contributed by atoms with Gasteiger partial charge in [0.2, 0.25) is 11.8 Å². The van der Waals surface area contributed by atoms with Crippen molar-refractivity contribution in [3.8, 4) is 0 Å². The van der Waals surface area contributed by atoms with E-state index in [0.29, 0.717) is 19.4 Å². The van der Waals surface area contributed by atoms with Crippen LogP contribution in [0.3, 0.4) is 0 Å². The molecule has 3 aliphatic rings. The standard InChI is InChI=1S/C21H34N2O6/c1-5-7-10-22-18(25)17-21-9-8-14(29-21)15(20(27)28-6-2)16(21)19(26)23(17)13(11-24)12(3)4/h12-17,24H,5-11H2,1-4H3,(H,22,25)/t13-,14+,15-,16-,17+,21-/m0/s1. The first-order valence-corrected chi connectivity index (χ1v) is 10.9. The van der Waals surface area contributed by atoms with E-state index < -0.39 is 41.6 Å². The van der Waals surface area contributed by atoms with Crippen LogP contribution >= 0.6 is 0 Å². The molecule has 0 aromatic carbocycles. The number of fused-ring (bicyclic) bond motifs is 1. The summed E-state index contributed by atoms with van der Waals surface area (Å²) in [5.74, 6) is -2.47. The summed E-state index contributed by atoms with van der Waals surface area (Å²) in [5.41, 5.74) is -1.03. The van der Waals surface area contributed by atoms with Gasteiger partial charge in [0.25, 0.3) is 0 Å². The molecule has 8 nitrogen and oxygen atoms in total. The summed E-state index contributed by atoms with van der Waals surface area (Å²) in [4.78, 5) is 41.0. The van der Waals surface area contributed by atoms with E-state index in [1.807, 2.05) is 20.8 Å². The molecule has 0 saturated carbocycles. The molecule has 29 heavy (non-hydrogen) atoms. The highest BCUT2D eigenvalue weighted by Crippen LogP contribution is 2.59. The molecular formula is C21H34N2O6. The topological polar surface area (TPSA) is 105 Å². The molecule has 8 heteroatoms. The number of amides is 2. The Morgan fingerprint density at radius 3 is 2.69 bits per heavy atom. The first-order valence-electron chi connectivity index (χ1n) is 10.9. The van der Waals surface area contributed by atoms with Crippen molar-refractivity contribution in [3.63, 3.8) is 0 Å². The minimum Gasteiger partial charge on any atom is -0.466 e. The summed E-state index contributed by atoms with van der Waals surface area (Å²) in [5, 5.41) is 13.0. The van der Waals surface area contributed by atoms with Crippen molar-refractivity contribution in [3.05, 3.63) is 0 Å². The number of unbranched alkanes of at least 4 members (excludes halogenated alkanes) is 1. The lowest BCUT2D eigenvalue weighted by molar-refractivity contribution is -0.155. The largest absolute Gasteiger partial charge is 0.466 e. The van der Waals surface area contributed by atoms with Crippen molar-refractivity contribution in [1.29, 1.82) is 0 Å². The Labute approximate surface area is 172 Å². The molecule has 2 N–H and O–H groups in total. The molecule has 0 unspecified atom stereocenters. The molecule has 0 aliphatic carbocycles. The molecule has 0 aromatic rings. The molecule has 0 aromatic heterocycles. The third-order valence-corrected chi connectivity index (χ3v) is 6.69. The van der Waals surface area contributed by atoms with Crippen molar-refractivity contribution >= 4 is 17.8 Å². The summed E-state index contributed by atoms with van der Waals surface area (Å²) >= 11 is 0. The average Bonchev–Trinajstić information content (AvgIpc) is 3.30. The van der Waals surface area contributed by atoms with Crippen molar-refractivity contribution < 1.29 is 29.0 Å². The number of esters is 1. The van der Waals surface area contributed by atoms with Gasteiger partial charge in [-0.2, -0.15) is 0 Å². The van der Waals surface area contributed by atoms with Crippen LogP contribution in [0.1, 0.15) is 53.4 Å². The van der Waals surface area contributed by atoms with Gasteiger partial charge < -0.3 is 24.8 Å². The molecule has 3 saturated heterocycles. The normalized spacial score (nSPS) is 33.9. The van der Waals surface area contributed by atoms with Crippen molar-refractivity contribution in [2.24, 2.45) is 17.8 Å². The molecule has 3 rings (SSSR count). The predicted octanol–water partition coefficient (Wildman–Crippen LogP) is 0.857. The monoisotopic (exact) mass is 410 g/mol. The van der Waals surface area contributed by atoms with Gasteiger partial charge in [-0.3, -0.25) is 14.4 Å². The number of hydrogen-bond acceptors (Lipinski definition) is 6. The lowest BCUT2D eigenvalue weighted by Gasteiger charge is -2.38. The fourth-order valence-electron chi connectivity index (χ4n) is 5.36. The first kappa shape index (κ1) is 22.0. The zero-order chi connectivity index (χ0) is 21.3. The summed E-state index contributed by atoms with van der Waals surface area (Å²) in [6.07, 6.45) is 2.54. The SMILES string of the molecule is CCCCNC(=O)[C@H]1N([C@@H](CO)C(C)C)C(=O)[C@@H]2[C@@H](C(=O)OCC)[C@H]3CC[C@]21O3. The second-order valence-corrected chi connectivity index (χ2v) is 8.69. The van der Waals surface area contributed by atoms with Crippen LogP contribution in [0.5, 0.6) is 0 Å². The van der Waals surface area contributed by atoms with Crippen LogP contribution < -0.4 is 5.32 Å². The van der Waals surface area contributed by atoms with Gasteiger partial charge in [0, 0.05) is 6.54 Å². The van der Waals surface area contributed by atoms with Gasteiger partial charge in [-0.15, -0.1) is 0 Å². The molecule has 1 spiro atoms. The Hall–Kier alpha value is -1.67. The highest BCUT2D eigenvalue weighted by atomic mass is 16.6. The van der Waals surface area contributed by atoms with Crippen molar-refractivity contribution in [1.82, 2.24) is 10.2 Å². The lowest BCUT2D eigenvalue weighted by Crippen LogP contribution is -2.59. The van der Waals surface area contributed by atoms with Gasteiger partial charge in [-0.1, -0.05) is 27.2 Å². The van der Waals surface area contributed by atoms with Crippen LogP contribution in [-0.2, 0) is 23.9 Å². The minimum absolute atomic E-state index is 0.0524. The summed E-state index contributed by atoms with van der Waals surface area (Å²) in [6, 6.07) is -1.37. The van der Waals surface area contributed by atoms with E-state index in [4.69, 9.17) is 9.47 Å². The van der Waals surface area contributed by atoms with Gasteiger partial charge >= 0.3 is 5.97 Å². The number of aliphatic hydroxyl groups excluding tert-OH is 1. The van der Waals surface area contributed by atoms with E-state index in [9.17, 15) is 19.5 Å². The maximum atomic E-state index is 13.6. The fraction of sp³-hybridized carbons (Fsp3) is 0.857. The summed E-state index contributed by atoms with van der Waals surface area (Å²) < 4.78 is 11.5. The molecule has 0 radical (unpaired) electrons. The second kappa shape index (κ2) is 8.60. The predicted molar refractivity (Wildman–Crippen MR) is 105 cm³/mol. The van der Waals surface area contributed by atoms with Gasteiger partial charge in [0.05, 0.1) is 37.2 Å². The number of aliphatic hydroxyl groups is 1. The Morgan fingerprint density at radius 1 is 1.38 bits per heavy atom. The molecule has 3 heterocycles. The van der Waals surface area contributed by atoms with Crippen LogP contribution in [0.25, 0.3) is 0 Å². The van der Waals surface area contributed by atoms with E-state index in [1.54, 1.807) is 6.92 Å². The molecule has 164 valence electrons. The average molecular weight is 411 g/mol. The molecule has 2 amide bonds. The Bertz CT molecular complexity index is 653. The number of nitrogens with zero attached hydrogens (tertiary/aromatic N) is 1. The number of hydrogen-bond donors (Lipinski definition) is 2. The Morgan fingerprint density at radius 2 is 2.10 bits per heavy atom. The highest BCUT2D eigenvalue weighted by molar-refractivity contribution is 5.98. The molecule has 3 fully saturated rings.